The minimum Gasteiger partial charge on any atom is -0.375 e. The zero-order valence-corrected chi connectivity index (χ0v) is 12.5. The molecule has 0 radical (unpaired) electrons. The van der Waals surface area contributed by atoms with Crippen molar-refractivity contribution in [2.75, 3.05) is 25.1 Å². The fourth-order valence-corrected chi connectivity index (χ4v) is 2.75. The molecule has 2 rings (SSSR count). The number of ether oxygens (including phenoxy) is 1. The molecular formula is C16H26N2O. The molecule has 3 heteroatoms. The number of benzene rings is 1. The Balaban J connectivity index is 2.33. The van der Waals surface area contributed by atoms with E-state index in [0.29, 0.717) is 18.2 Å². The van der Waals surface area contributed by atoms with Gasteiger partial charge in [-0.25, -0.2) is 0 Å². The average Bonchev–Trinajstić information content (AvgIpc) is 2.46. The van der Waals surface area contributed by atoms with Crippen molar-refractivity contribution in [3.63, 3.8) is 0 Å². The molecule has 1 N–H and O–H groups in total. The van der Waals surface area contributed by atoms with Crippen LogP contribution in [0.5, 0.6) is 0 Å². The SMILES string of the molecule is CCC1COC(C)CN1c1ccccc1C(C)NC. The fraction of sp³-hybridized carbons (Fsp3) is 0.625. The normalized spacial score (nSPS) is 25.4. The van der Waals surface area contributed by atoms with Gasteiger partial charge in [0.1, 0.15) is 0 Å². The molecule has 3 nitrogen and oxygen atoms in total. The van der Waals surface area contributed by atoms with E-state index < -0.39 is 0 Å². The summed E-state index contributed by atoms with van der Waals surface area (Å²) in [6, 6.07) is 9.58. The van der Waals surface area contributed by atoms with Crippen LogP contribution in [0.4, 0.5) is 5.69 Å². The topological polar surface area (TPSA) is 24.5 Å². The number of hydrogen-bond acceptors (Lipinski definition) is 3. The lowest BCUT2D eigenvalue weighted by Crippen LogP contribution is -2.49. The molecule has 0 amide bonds. The van der Waals surface area contributed by atoms with Gasteiger partial charge in [0.15, 0.2) is 0 Å². The zero-order valence-electron chi connectivity index (χ0n) is 12.5. The van der Waals surface area contributed by atoms with E-state index in [2.05, 4.69) is 55.3 Å². The van der Waals surface area contributed by atoms with E-state index >= 15 is 0 Å². The van der Waals surface area contributed by atoms with E-state index in [-0.39, 0.29) is 0 Å². The summed E-state index contributed by atoms with van der Waals surface area (Å²) in [5, 5.41) is 3.35. The Morgan fingerprint density at radius 1 is 1.42 bits per heavy atom. The van der Waals surface area contributed by atoms with Crippen LogP contribution in [0.3, 0.4) is 0 Å². The van der Waals surface area contributed by atoms with Gasteiger partial charge in [-0.1, -0.05) is 25.1 Å². The first kappa shape index (κ1) is 14.4. The van der Waals surface area contributed by atoms with Gasteiger partial charge in [0.2, 0.25) is 0 Å². The maximum Gasteiger partial charge on any atom is 0.0723 e. The van der Waals surface area contributed by atoms with E-state index in [1.54, 1.807) is 0 Å². The highest BCUT2D eigenvalue weighted by Gasteiger charge is 2.27. The molecule has 3 atom stereocenters. The van der Waals surface area contributed by atoms with Gasteiger partial charge in [0.05, 0.1) is 18.8 Å². The van der Waals surface area contributed by atoms with Gasteiger partial charge in [-0.15, -0.1) is 0 Å². The highest BCUT2D eigenvalue weighted by Crippen LogP contribution is 2.30. The van der Waals surface area contributed by atoms with Crippen molar-refractivity contribution < 1.29 is 4.74 Å². The number of anilines is 1. The molecule has 1 heterocycles. The van der Waals surface area contributed by atoms with Crippen LogP contribution in [-0.4, -0.2) is 32.3 Å². The number of hydrogen-bond donors (Lipinski definition) is 1. The van der Waals surface area contributed by atoms with E-state index in [4.69, 9.17) is 4.74 Å². The summed E-state index contributed by atoms with van der Waals surface area (Å²) >= 11 is 0. The number of rotatable bonds is 4. The van der Waals surface area contributed by atoms with Crippen molar-refractivity contribution in [2.45, 2.75) is 45.4 Å². The second-order valence-electron chi connectivity index (χ2n) is 5.43. The summed E-state index contributed by atoms with van der Waals surface area (Å²) in [5.74, 6) is 0. The monoisotopic (exact) mass is 262 g/mol. The van der Waals surface area contributed by atoms with Gasteiger partial charge in [0, 0.05) is 18.3 Å². The fourth-order valence-electron chi connectivity index (χ4n) is 2.75. The smallest absolute Gasteiger partial charge is 0.0723 e. The van der Waals surface area contributed by atoms with Crippen LogP contribution >= 0.6 is 0 Å². The standard InChI is InChI=1S/C16H26N2O/c1-5-14-11-19-12(2)10-18(14)16-9-7-6-8-15(16)13(3)17-4/h6-9,12-14,17H,5,10-11H2,1-4H3. The average molecular weight is 262 g/mol. The van der Waals surface area contributed by atoms with Crippen molar-refractivity contribution in [1.82, 2.24) is 5.32 Å². The first-order valence-electron chi connectivity index (χ1n) is 7.31. The Bertz CT molecular complexity index is 407. The van der Waals surface area contributed by atoms with Crippen molar-refractivity contribution >= 4 is 5.69 Å². The maximum atomic E-state index is 5.80. The van der Waals surface area contributed by atoms with Crippen LogP contribution in [0.2, 0.25) is 0 Å². The van der Waals surface area contributed by atoms with Crippen LogP contribution in [0.1, 0.15) is 38.8 Å². The Hall–Kier alpha value is -1.06. The van der Waals surface area contributed by atoms with Crippen LogP contribution in [0.25, 0.3) is 0 Å². The second kappa shape index (κ2) is 6.40. The van der Waals surface area contributed by atoms with Gasteiger partial charge in [0.25, 0.3) is 0 Å². The summed E-state index contributed by atoms with van der Waals surface area (Å²) < 4.78 is 5.80. The first-order valence-corrected chi connectivity index (χ1v) is 7.31. The zero-order chi connectivity index (χ0) is 13.8. The number of nitrogens with one attached hydrogen (secondary N) is 1. The van der Waals surface area contributed by atoms with Gasteiger partial charge in [-0.05, 0) is 38.9 Å². The van der Waals surface area contributed by atoms with Crippen LogP contribution in [-0.2, 0) is 4.74 Å². The predicted molar refractivity (Wildman–Crippen MR) is 80.8 cm³/mol. The second-order valence-corrected chi connectivity index (χ2v) is 5.43. The third kappa shape index (κ3) is 3.10. The van der Waals surface area contributed by atoms with Crippen LogP contribution in [0.15, 0.2) is 24.3 Å². The summed E-state index contributed by atoms with van der Waals surface area (Å²) in [4.78, 5) is 2.53. The van der Waals surface area contributed by atoms with Gasteiger partial charge in [-0.3, -0.25) is 0 Å². The Morgan fingerprint density at radius 3 is 2.84 bits per heavy atom. The maximum absolute atomic E-state index is 5.80. The molecule has 0 bridgehead atoms. The van der Waals surface area contributed by atoms with Crippen molar-refractivity contribution in [3.05, 3.63) is 29.8 Å². The van der Waals surface area contributed by atoms with E-state index in [1.165, 1.54) is 11.3 Å². The van der Waals surface area contributed by atoms with E-state index in [1.807, 2.05) is 7.05 Å². The van der Waals surface area contributed by atoms with E-state index in [0.717, 1.165) is 19.6 Å². The quantitative estimate of drug-likeness (QED) is 0.903. The van der Waals surface area contributed by atoms with Crippen molar-refractivity contribution in [1.29, 1.82) is 0 Å². The Labute approximate surface area is 116 Å². The van der Waals surface area contributed by atoms with E-state index in [9.17, 15) is 0 Å². The molecule has 1 aliphatic rings. The number of para-hydroxylation sites is 1. The third-order valence-electron chi connectivity index (χ3n) is 4.08. The molecule has 0 aliphatic carbocycles. The van der Waals surface area contributed by atoms with Gasteiger partial charge >= 0.3 is 0 Å². The summed E-state index contributed by atoms with van der Waals surface area (Å²) in [5.41, 5.74) is 2.73. The lowest BCUT2D eigenvalue weighted by atomic mass is 10.0. The van der Waals surface area contributed by atoms with Crippen LogP contribution < -0.4 is 10.2 Å². The van der Waals surface area contributed by atoms with Gasteiger partial charge in [-0.2, -0.15) is 0 Å². The molecule has 19 heavy (non-hydrogen) atoms. The minimum atomic E-state index is 0.306. The molecule has 0 spiro atoms. The molecule has 106 valence electrons. The molecular weight excluding hydrogens is 236 g/mol. The predicted octanol–water partition coefficient (Wildman–Crippen LogP) is 2.97. The molecule has 1 saturated heterocycles. The summed E-state index contributed by atoms with van der Waals surface area (Å²) in [7, 11) is 2.01. The summed E-state index contributed by atoms with van der Waals surface area (Å²) in [6.45, 7) is 8.42. The Kier molecular flexibility index (Phi) is 4.83. The van der Waals surface area contributed by atoms with Crippen molar-refractivity contribution in [2.24, 2.45) is 0 Å². The van der Waals surface area contributed by atoms with Crippen molar-refractivity contribution in [3.8, 4) is 0 Å². The van der Waals surface area contributed by atoms with Gasteiger partial charge < -0.3 is 15.0 Å². The summed E-state index contributed by atoms with van der Waals surface area (Å²) in [6.07, 6.45) is 1.43. The molecule has 1 fully saturated rings. The lowest BCUT2D eigenvalue weighted by molar-refractivity contribution is 0.0298. The molecule has 0 saturated carbocycles. The molecule has 0 aromatic heterocycles. The molecule has 1 aromatic carbocycles. The molecule has 1 aliphatic heterocycles. The highest BCUT2D eigenvalue weighted by molar-refractivity contribution is 5.56. The Morgan fingerprint density at radius 2 is 2.16 bits per heavy atom. The molecule has 1 aromatic rings. The number of morpholine rings is 1. The molecule has 3 unspecified atom stereocenters. The lowest BCUT2D eigenvalue weighted by Gasteiger charge is -2.41. The highest BCUT2D eigenvalue weighted by atomic mass is 16.5. The number of nitrogens with zero attached hydrogens (tertiary/aromatic N) is 1. The third-order valence-corrected chi connectivity index (χ3v) is 4.08. The first-order chi connectivity index (χ1) is 9.17. The van der Waals surface area contributed by atoms with Crippen LogP contribution in [0, 0.1) is 0 Å². The minimum absolute atomic E-state index is 0.306. The largest absolute Gasteiger partial charge is 0.375 e.